The van der Waals surface area contributed by atoms with Crippen LogP contribution >= 0.6 is 188 Å². The molecule has 2 nitrogen and oxygen atoms in total. The fourth-order valence-corrected chi connectivity index (χ4v) is 29.9. The van der Waals surface area contributed by atoms with E-state index in [2.05, 4.69) is 47.0 Å². The molecular formula is C28H36O2S16. The molecule has 4 unspecified atom stereocenters. The summed E-state index contributed by atoms with van der Waals surface area (Å²) < 4.78 is 11.4. The topological polar surface area (TPSA) is 34.1 Å². The first-order valence-electron chi connectivity index (χ1n) is 15.3. The molecule has 0 N–H and O–H groups in total. The highest BCUT2D eigenvalue weighted by Gasteiger charge is 2.37. The Morgan fingerprint density at radius 2 is 0.565 bits per heavy atom. The van der Waals surface area contributed by atoms with Gasteiger partial charge < -0.3 is 0 Å². The van der Waals surface area contributed by atoms with Crippen LogP contribution in [0.1, 0.15) is 51.4 Å². The molecule has 0 spiro atoms. The lowest BCUT2D eigenvalue weighted by atomic mass is 10.4. The molecule has 4 atom stereocenters. The zero-order chi connectivity index (χ0) is 31.6. The minimum absolute atomic E-state index is 0.321. The molecule has 6 aliphatic rings. The largest absolute Gasteiger partial charge is 0.274 e. The predicted octanol–water partition coefficient (Wildman–Crippen LogP) is 14.8. The SMILES string of the molecule is O=C1SC2SCCCCSC3=C4SCCCCSC5SC(=O)SC5SCCCCSC5=C(SCCCCSC2S1)SC(=C(S3)S4)S5. The average molecular weight is 918 g/mol. The standard InChI is InChI=1S/C28H36O2S16/c29-27-43-21-22(44-27)36-14-7-3-11-33-19-20-34-12-4-8-16-38-24-23(45-28(30)46-24)37-15-6-2-10-32-18-17(31-9-1-5-13-35-21)39-25(40-18)26(41-19)42-20/h21-24H,1-16H2. The molecule has 6 aliphatic heterocycles. The second-order valence-electron chi connectivity index (χ2n) is 10.3. The van der Waals surface area contributed by atoms with Crippen molar-refractivity contribution in [2.24, 2.45) is 0 Å². The van der Waals surface area contributed by atoms with Crippen molar-refractivity contribution in [2.75, 3.05) is 46.0 Å². The van der Waals surface area contributed by atoms with Gasteiger partial charge in [0.15, 0.2) is 0 Å². The minimum atomic E-state index is 0.321. The van der Waals surface area contributed by atoms with Gasteiger partial charge >= 0.3 is 0 Å². The van der Waals surface area contributed by atoms with Crippen LogP contribution in [-0.4, -0.2) is 73.2 Å². The van der Waals surface area contributed by atoms with Gasteiger partial charge in [0, 0.05) is 0 Å². The molecule has 0 radical (unpaired) electrons. The van der Waals surface area contributed by atoms with Crippen LogP contribution in [0, 0.1) is 0 Å². The maximum Gasteiger partial charge on any atom is 0.248 e. The lowest BCUT2D eigenvalue weighted by Gasteiger charge is -2.16. The number of hydrogen-bond acceptors (Lipinski definition) is 18. The summed E-state index contributed by atoms with van der Waals surface area (Å²) in [7, 11) is 0. The van der Waals surface area contributed by atoms with Crippen molar-refractivity contribution in [1.82, 2.24) is 0 Å². The molecule has 0 aromatic rings. The third-order valence-corrected chi connectivity index (χ3v) is 31.3. The Kier molecular flexibility index (Phi) is 19.0. The van der Waals surface area contributed by atoms with Crippen LogP contribution in [0.5, 0.6) is 0 Å². The minimum Gasteiger partial charge on any atom is -0.274 e. The van der Waals surface area contributed by atoms with Crippen molar-refractivity contribution in [3.05, 3.63) is 25.4 Å². The second-order valence-corrected chi connectivity index (χ2v) is 31.5. The lowest BCUT2D eigenvalue weighted by Crippen LogP contribution is -2.09. The van der Waals surface area contributed by atoms with Crippen LogP contribution in [0.25, 0.3) is 0 Å². The van der Waals surface area contributed by atoms with Gasteiger partial charge in [-0.05, 0) is 97.4 Å². The summed E-state index contributed by atoms with van der Waals surface area (Å²) in [4.78, 5) is 24.5. The molecular weight excluding hydrogens is 881 g/mol. The van der Waals surface area contributed by atoms with E-state index in [1.165, 1.54) is 99.8 Å². The summed E-state index contributed by atoms with van der Waals surface area (Å²) in [6, 6.07) is 0. The number of fused-ring (bicyclic) bond motifs is 6. The highest BCUT2D eigenvalue weighted by molar-refractivity contribution is 8.49. The second kappa shape index (κ2) is 21.9. The van der Waals surface area contributed by atoms with Gasteiger partial charge in [0.05, 0.1) is 43.8 Å². The van der Waals surface area contributed by atoms with Crippen molar-refractivity contribution in [3.8, 4) is 0 Å². The van der Waals surface area contributed by atoms with E-state index < -0.39 is 0 Å². The lowest BCUT2D eigenvalue weighted by molar-refractivity contribution is 0.276. The summed E-state index contributed by atoms with van der Waals surface area (Å²) in [6.07, 6.45) is 9.83. The zero-order valence-electron chi connectivity index (χ0n) is 25.0. The molecule has 0 aromatic heterocycles. The molecule has 46 heavy (non-hydrogen) atoms. The summed E-state index contributed by atoms with van der Waals surface area (Å²) in [5, 5.41) is 0. The number of thioether (sulfide) groups is 16. The fraction of sp³-hybridized carbons (Fsp3) is 0.714. The van der Waals surface area contributed by atoms with E-state index in [-0.39, 0.29) is 0 Å². The zero-order valence-corrected chi connectivity index (χ0v) is 38.0. The molecule has 0 saturated carbocycles. The Morgan fingerprint density at radius 3 is 0.826 bits per heavy atom. The van der Waals surface area contributed by atoms with E-state index in [1.54, 1.807) is 47.0 Å². The normalized spacial score (nSPS) is 32.4. The molecule has 256 valence electrons. The third-order valence-electron chi connectivity index (χ3n) is 6.75. The maximum absolute atomic E-state index is 12.3. The number of carbonyl (C=O) groups is 2. The number of carbonyl (C=O) groups excluding carboxylic acids is 2. The van der Waals surface area contributed by atoms with Crippen LogP contribution in [0.2, 0.25) is 0 Å². The van der Waals surface area contributed by atoms with Crippen molar-refractivity contribution >= 4 is 197 Å². The Balaban J connectivity index is 1.14. The molecule has 6 bridgehead atoms. The van der Waals surface area contributed by atoms with Crippen LogP contribution in [-0.2, 0) is 0 Å². The van der Waals surface area contributed by atoms with E-state index in [9.17, 15) is 9.59 Å². The highest BCUT2D eigenvalue weighted by atomic mass is 32.3. The summed E-state index contributed by atoms with van der Waals surface area (Å²) >= 11 is 30.9. The van der Waals surface area contributed by atoms with Crippen molar-refractivity contribution in [3.63, 3.8) is 0 Å². The van der Waals surface area contributed by atoms with Gasteiger partial charge in [0.2, 0.25) is 8.89 Å². The Hall–Kier alpha value is 4.16. The summed E-state index contributed by atoms with van der Waals surface area (Å²) in [5.41, 5.74) is 0. The van der Waals surface area contributed by atoms with E-state index in [0.29, 0.717) is 27.2 Å². The Morgan fingerprint density at radius 1 is 0.326 bits per heavy atom. The van der Waals surface area contributed by atoms with Gasteiger partial charge in [-0.2, -0.15) is 0 Å². The molecule has 0 amide bonds. The van der Waals surface area contributed by atoms with Gasteiger partial charge in [0.25, 0.3) is 0 Å². The van der Waals surface area contributed by atoms with Gasteiger partial charge in [0.1, 0.15) is 0 Å². The van der Waals surface area contributed by atoms with E-state index in [1.807, 2.05) is 94.1 Å². The smallest absolute Gasteiger partial charge is 0.248 e. The van der Waals surface area contributed by atoms with Gasteiger partial charge in [-0.15, -0.1) is 94.1 Å². The molecule has 0 aliphatic carbocycles. The first kappa shape index (κ1) is 39.8. The predicted molar refractivity (Wildman–Crippen MR) is 244 cm³/mol. The van der Waals surface area contributed by atoms with Crippen LogP contribution in [0.15, 0.2) is 25.4 Å². The highest BCUT2D eigenvalue weighted by Crippen LogP contribution is 2.66. The van der Waals surface area contributed by atoms with Crippen molar-refractivity contribution in [1.29, 1.82) is 0 Å². The molecule has 2 fully saturated rings. The van der Waals surface area contributed by atoms with Crippen LogP contribution < -0.4 is 0 Å². The molecule has 6 rings (SSSR count). The first-order chi connectivity index (χ1) is 22.6. The Bertz CT molecular complexity index is 1010. The van der Waals surface area contributed by atoms with Gasteiger partial charge in [-0.3, -0.25) is 9.59 Å². The van der Waals surface area contributed by atoms with E-state index in [4.69, 9.17) is 0 Å². The monoisotopic (exact) mass is 916 g/mol. The molecule has 18 heteroatoms. The van der Waals surface area contributed by atoms with Gasteiger partial charge in [-0.1, -0.05) is 94.1 Å². The molecule has 0 aromatic carbocycles. The van der Waals surface area contributed by atoms with Gasteiger partial charge in [-0.25, -0.2) is 0 Å². The quantitative estimate of drug-likeness (QED) is 0.231. The van der Waals surface area contributed by atoms with E-state index in [0.717, 1.165) is 23.0 Å². The summed E-state index contributed by atoms with van der Waals surface area (Å²) in [5.74, 6) is 9.32. The molecule has 6 heterocycles. The Labute approximate surface area is 343 Å². The van der Waals surface area contributed by atoms with Crippen LogP contribution in [0.4, 0.5) is 9.59 Å². The fourth-order valence-electron chi connectivity index (χ4n) is 4.45. The first-order valence-corrected chi connectivity index (χ1v) is 30.2. The van der Waals surface area contributed by atoms with E-state index >= 15 is 0 Å². The number of rotatable bonds is 0. The summed E-state index contributed by atoms with van der Waals surface area (Å²) in [6.45, 7) is 0. The van der Waals surface area contributed by atoms with Crippen molar-refractivity contribution < 1.29 is 9.59 Å². The average Bonchev–Trinajstić information content (AvgIpc) is 3.81. The number of hydrogen-bond donors (Lipinski definition) is 0. The maximum atomic E-state index is 12.3. The van der Waals surface area contributed by atoms with Crippen LogP contribution in [0.3, 0.4) is 0 Å². The molecule has 2 saturated heterocycles. The van der Waals surface area contributed by atoms with Crippen molar-refractivity contribution in [2.45, 2.75) is 69.7 Å². The third kappa shape index (κ3) is 12.6.